The monoisotopic (exact) mass is 276 g/mol. The normalized spacial score (nSPS) is 9.65. The topological polar surface area (TPSA) is 59.6 Å². The molecule has 0 unspecified atom stereocenters. The summed E-state index contributed by atoms with van der Waals surface area (Å²) in [6, 6.07) is 5.29. The molecule has 108 valence electrons. The molecule has 0 atom stereocenters. The van der Waals surface area contributed by atoms with E-state index in [-0.39, 0.29) is 12.5 Å². The van der Waals surface area contributed by atoms with Crippen LogP contribution >= 0.6 is 0 Å². The van der Waals surface area contributed by atoms with E-state index >= 15 is 0 Å². The summed E-state index contributed by atoms with van der Waals surface area (Å²) in [5, 5.41) is 5.59. The lowest BCUT2D eigenvalue weighted by Crippen LogP contribution is -2.28. The van der Waals surface area contributed by atoms with Crippen LogP contribution in [0.4, 0.5) is 5.69 Å². The first-order valence-corrected chi connectivity index (χ1v) is 6.54. The summed E-state index contributed by atoms with van der Waals surface area (Å²) in [7, 11) is 0. The number of hydrogen-bond donors (Lipinski definition) is 2. The van der Waals surface area contributed by atoms with Crippen molar-refractivity contribution in [1.82, 2.24) is 5.32 Å². The lowest BCUT2D eigenvalue weighted by Gasteiger charge is -2.13. The van der Waals surface area contributed by atoms with Crippen molar-refractivity contribution in [1.29, 1.82) is 0 Å². The van der Waals surface area contributed by atoms with Gasteiger partial charge in [0.25, 0.3) is 0 Å². The molecule has 1 aromatic carbocycles. The molecule has 0 saturated heterocycles. The zero-order valence-corrected chi connectivity index (χ0v) is 11.9. The van der Waals surface area contributed by atoms with Gasteiger partial charge in [-0.15, -0.1) is 6.42 Å². The number of rotatable bonds is 8. The third-order valence-electron chi connectivity index (χ3n) is 2.34. The van der Waals surface area contributed by atoms with Crippen LogP contribution in [0.1, 0.15) is 13.8 Å². The molecule has 0 bridgehead atoms. The number of carbonyl (C=O) groups excluding carboxylic acids is 1. The van der Waals surface area contributed by atoms with Gasteiger partial charge < -0.3 is 14.8 Å². The summed E-state index contributed by atoms with van der Waals surface area (Å²) in [6.07, 6.45) is 5.09. The Hall–Kier alpha value is -2.19. The van der Waals surface area contributed by atoms with Gasteiger partial charge in [-0.3, -0.25) is 10.1 Å². The van der Waals surface area contributed by atoms with Crippen LogP contribution < -0.4 is 20.1 Å². The SMILES string of the molecule is C#CCNCC(=O)Nc1ccc(OCC)c(OCC)c1. The zero-order valence-electron chi connectivity index (χ0n) is 11.9. The zero-order chi connectivity index (χ0) is 14.8. The second-order valence-electron chi connectivity index (χ2n) is 3.88. The van der Waals surface area contributed by atoms with Crippen LogP contribution in [-0.4, -0.2) is 32.2 Å². The van der Waals surface area contributed by atoms with Gasteiger partial charge in [0.1, 0.15) is 0 Å². The first-order valence-electron chi connectivity index (χ1n) is 6.54. The maximum Gasteiger partial charge on any atom is 0.238 e. The Labute approximate surface area is 119 Å². The van der Waals surface area contributed by atoms with Gasteiger partial charge in [-0.1, -0.05) is 5.92 Å². The van der Waals surface area contributed by atoms with Crippen molar-refractivity contribution in [3.63, 3.8) is 0 Å². The number of terminal acetylenes is 1. The number of benzene rings is 1. The molecular formula is C15H20N2O3. The van der Waals surface area contributed by atoms with Gasteiger partial charge in [0.15, 0.2) is 11.5 Å². The minimum atomic E-state index is -0.160. The predicted octanol–water partition coefficient (Wildman–Crippen LogP) is 1.65. The maximum atomic E-state index is 11.7. The van der Waals surface area contributed by atoms with Crippen LogP contribution in [0.5, 0.6) is 11.5 Å². The molecule has 0 aliphatic rings. The maximum absolute atomic E-state index is 11.7. The fourth-order valence-corrected chi connectivity index (χ4v) is 1.58. The highest BCUT2D eigenvalue weighted by Crippen LogP contribution is 2.30. The van der Waals surface area contributed by atoms with Crippen molar-refractivity contribution < 1.29 is 14.3 Å². The first-order chi connectivity index (χ1) is 9.71. The largest absolute Gasteiger partial charge is 0.490 e. The Balaban J connectivity index is 2.68. The van der Waals surface area contributed by atoms with E-state index < -0.39 is 0 Å². The van der Waals surface area contributed by atoms with Crippen molar-refractivity contribution in [2.75, 3.05) is 31.6 Å². The van der Waals surface area contributed by atoms with E-state index in [4.69, 9.17) is 15.9 Å². The molecule has 5 heteroatoms. The lowest BCUT2D eigenvalue weighted by molar-refractivity contribution is -0.115. The number of hydrogen-bond acceptors (Lipinski definition) is 4. The average Bonchev–Trinajstić information content (AvgIpc) is 2.42. The molecule has 0 aliphatic carbocycles. The van der Waals surface area contributed by atoms with Crippen LogP contribution in [0.15, 0.2) is 18.2 Å². The summed E-state index contributed by atoms with van der Waals surface area (Å²) in [4.78, 5) is 11.7. The number of carbonyl (C=O) groups is 1. The van der Waals surface area contributed by atoms with Gasteiger partial charge >= 0.3 is 0 Å². The fraction of sp³-hybridized carbons (Fsp3) is 0.400. The third kappa shape index (κ3) is 5.21. The fourth-order valence-electron chi connectivity index (χ4n) is 1.58. The highest BCUT2D eigenvalue weighted by atomic mass is 16.5. The summed E-state index contributed by atoms with van der Waals surface area (Å²) in [5.74, 6) is 3.53. The number of ether oxygens (including phenoxy) is 2. The summed E-state index contributed by atoms with van der Waals surface area (Å²) in [5.41, 5.74) is 0.657. The second-order valence-corrected chi connectivity index (χ2v) is 3.88. The predicted molar refractivity (Wildman–Crippen MR) is 79.1 cm³/mol. The van der Waals surface area contributed by atoms with E-state index in [1.807, 2.05) is 13.8 Å². The van der Waals surface area contributed by atoms with Crippen molar-refractivity contribution in [3.05, 3.63) is 18.2 Å². The summed E-state index contributed by atoms with van der Waals surface area (Å²) in [6.45, 7) is 5.42. The number of amides is 1. The molecule has 0 radical (unpaired) electrons. The Morgan fingerprint density at radius 1 is 1.25 bits per heavy atom. The molecule has 1 rings (SSSR count). The van der Waals surface area contributed by atoms with Crippen molar-refractivity contribution >= 4 is 11.6 Å². The van der Waals surface area contributed by atoms with E-state index in [0.29, 0.717) is 36.9 Å². The van der Waals surface area contributed by atoms with Gasteiger partial charge in [-0.05, 0) is 26.0 Å². The Bertz CT molecular complexity index is 480. The molecule has 0 fully saturated rings. The molecule has 0 spiro atoms. The third-order valence-corrected chi connectivity index (χ3v) is 2.34. The highest BCUT2D eigenvalue weighted by molar-refractivity contribution is 5.92. The van der Waals surface area contributed by atoms with Gasteiger partial charge in [-0.2, -0.15) is 0 Å². The molecule has 1 amide bonds. The molecule has 0 heterocycles. The van der Waals surface area contributed by atoms with E-state index in [1.54, 1.807) is 18.2 Å². The average molecular weight is 276 g/mol. The molecular weight excluding hydrogens is 256 g/mol. The van der Waals surface area contributed by atoms with E-state index in [1.165, 1.54) is 0 Å². The van der Waals surface area contributed by atoms with Crippen molar-refractivity contribution in [2.45, 2.75) is 13.8 Å². The van der Waals surface area contributed by atoms with Crippen LogP contribution in [0.3, 0.4) is 0 Å². The number of nitrogens with one attached hydrogen (secondary N) is 2. The Morgan fingerprint density at radius 2 is 1.95 bits per heavy atom. The molecule has 2 N–H and O–H groups in total. The van der Waals surface area contributed by atoms with Crippen LogP contribution in [-0.2, 0) is 4.79 Å². The van der Waals surface area contributed by atoms with Crippen molar-refractivity contribution in [2.24, 2.45) is 0 Å². The van der Waals surface area contributed by atoms with Gasteiger partial charge in [0, 0.05) is 11.8 Å². The van der Waals surface area contributed by atoms with Gasteiger partial charge in [0.2, 0.25) is 5.91 Å². The molecule has 0 aromatic heterocycles. The lowest BCUT2D eigenvalue weighted by atomic mass is 10.2. The van der Waals surface area contributed by atoms with Crippen LogP contribution in [0.25, 0.3) is 0 Å². The molecule has 0 aliphatic heterocycles. The van der Waals surface area contributed by atoms with Gasteiger partial charge in [-0.25, -0.2) is 0 Å². The standard InChI is InChI=1S/C15H20N2O3/c1-4-9-16-11-15(18)17-12-7-8-13(19-5-2)14(10-12)20-6-3/h1,7-8,10,16H,5-6,9,11H2,2-3H3,(H,17,18). The van der Waals surface area contributed by atoms with Crippen molar-refractivity contribution in [3.8, 4) is 23.8 Å². The molecule has 1 aromatic rings. The van der Waals surface area contributed by atoms with Gasteiger partial charge in [0.05, 0.1) is 26.3 Å². The Morgan fingerprint density at radius 3 is 2.60 bits per heavy atom. The molecule has 0 saturated carbocycles. The Kier molecular flexibility index (Phi) is 7.01. The van der Waals surface area contributed by atoms with Crippen LogP contribution in [0, 0.1) is 12.3 Å². The van der Waals surface area contributed by atoms with E-state index in [0.717, 1.165) is 0 Å². The summed E-state index contributed by atoms with van der Waals surface area (Å²) >= 11 is 0. The molecule has 20 heavy (non-hydrogen) atoms. The summed E-state index contributed by atoms with van der Waals surface area (Å²) < 4.78 is 10.9. The smallest absolute Gasteiger partial charge is 0.238 e. The first kappa shape index (κ1) is 15.9. The minimum absolute atomic E-state index is 0.160. The highest BCUT2D eigenvalue weighted by Gasteiger charge is 2.08. The minimum Gasteiger partial charge on any atom is -0.490 e. The van der Waals surface area contributed by atoms with E-state index in [2.05, 4.69) is 16.6 Å². The van der Waals surface area contributed by atoms with E-state index in [9.17, 15) is 4.79 Å². The second kappa shape index (κ2) is 8.83. The quantitative estimate of drug-likeness (QED) is 0.560. The number of anilines is 1. The molecule has 5 nitrogen and oxygen atoms in total. The van der Waals surface area contributed by atoms with Crippen LogP contribution in [0.2, 0.25) is 0 Å².